The first kappa shape index (κ1) is 27.6. The maximum Gasteiger partial charge on any atom is 0.0443 e. The van der Waals surface area contributed by atoms with Gasteiger partial charge in [0, 0.05) is 11.3 Å². The Hall–Kier alpha value is -3.90. The van der Waals surface area contributed by atoms with Crippen LogP contribution in [0.1, 0.15) is 99.1 Å². The van der Waals surface area contributed by atoms with Crippen LogP contribution in [0.4, 0.5) is 0 Å². The van der Waals surface area contributed by atoms with Crippen LogP contribution in [-0.4, -0.2) is 0 Å². The van der Waals surface area contributed by atoms with E-state index in [1.165, 1.54) is 86.2 Å². The Labute approximate surface area is 263 Å². The number of aryl methyl sites for hydroxylation is 1. The van der Waals surface area contributed by atoms with E-state index < -0.39 is 0 Å². The third-order valence-corrected chi connectivity index (χ3v) is 11.6. The molecule has 0 nitrogen and oxygen atoms in total. The van der Waals surface area contributed by atoms with Crippen molar-refractivity contribution in [3.63, 3.8) is 0 Å². The van der Waals surface area contributed by atoms with E-state index in [4.69, 9.17) is 0 Å². The summed E-state index contributed by atoms with van der Waals surface area (Å²) in [6, 6.07) is 33.0. The van der Waals surface area contributed by atoms with Crippen LogP contribution in [0.5, 0.6) is 0 Å². The van der Waals surface area contributed by atoms with Gasteiger partial charge in [-0.3, -0.25) is 0 Å². The molecule has 0 aliphatic heterocycles. The number of hydrogen-bond donors (Lipinski definition) is 0. The highest BCUT2D eigenvalue weighted by atomic mass is 14.5. The number of rotatable bonds is 7. The molecule has 44 heavy (non-hydrogen) atoms. The largest absolute Gasteiger partial charge is 0.0657 e. The van der Waals surface area contributed by atoms with E-state index in [0.29, 0.717) is 11.8 Å². The van der Waals surface area contributed by atoms with E-state index in [1.54, 1.807) is 16.7 Å². The Morgan fingerprint density at radius 1 is 0.705 bits per heavy atom. The summed E-state index contributed by atoms with van der Waals surface area (Å²) in [6.45, 7) is 11.8. The lowest BCUT2D eigenvalue weighted by Crippen LogP contribution is -2.29. The van der Waals surface area contributed by atoms with E-state index in [9.17, 15) is 0 Å². The van der Waals surface area contributed by atoms with Gasteiger partial charge < -0.3 is 0 Å². The van der Waals surface area contributed by atoms with Gasteiger partial charge in [-0.2, -0.15) is 0 Å². The molecular weight excluding hydrogens is 528 g/mol. The highest BCUT2D eigenvalue weighted by Crippen LogP contribution is 2.64. The van der Waals surface area contributed by atoms with Gasteiger partial charge in [-0.15, -0.1) is 0 Å². The predicted molar refractivity (Wildman–Crippen MR) is 189 cm³/mol. The first-order valence-electron chi connectivity index (χ1n) is 17.1. The normalized spacial score (nSPS) is 19.8. The van der Waals surface area contributed by atoms with Crippen LogP contribution in [-0.2, 0) is 5.41 Å². The predicted octanol–water partition coefficient (Wildman–Crippen LogP) is 12.2. The second-order valence-corrected chi connectivity index (χ2v) is 13.8. The third-order valence-electron chi connectivity index (χ3n) is 11.6. The Kier molecular flexibility index (Phi) is 6.49. The molecule has 3 aliphatic rings. The molecule has 2 unspecified atom stereocenters. The van der Waals surface area contributed by atoms with Gasteiger partial charge in [-0.25, -0.2) is 0 Å². The molecule has 2 atom stereocenters. The van der Waals surface area contributed by atoms with Crippen LogP contribution in [0, 0.1) is 18.8 Å². The summed E-state index contributed by atoms with van der Waals surface area (Å²) in [5.41, 5.74) is 14.9. The molecule has 0 saturated carbocycles. The minimum Gasteiger partial charge on any atom is -0.0657 e. The molecule has 5 aromatic carbocycles. The lowest BCUT2D eigenvalue weighted by atomic mass is 9.64. The molecule has 1 spiro atoms. The van der Waals surface area contributed by atoms with Crippen molar-refractivity contribution in [1.82, 2.24) is 0 Å². The highest BCUT2D eigenvalue weighted by molar-refractivity contribution is 6.12. The van der Waals surface area contributed by atoms with Gasteiger partial charge >= 0.3 is 0 Å². The molecule has 0 bridgehead atoms. The monoisotopic (exact) mass is 572 g/mol. The molecule has 5 aromatic rings. The zero-order valence-electron chi connectivity index (χ0n) is 27.0. The van der Waals surface area contributed by atoms with Gasteiger partial charge in [0.1, 0.15) is 0 Å². The molecule has 0 aromatic heterocycles. The van der Waals surface area contributed by atoms with Gasteiger partial charge in [-0.05, 0) is 123 Å². The van der Waals surface area contributed by atoms with Crippen LogP contribution in [0.3, 0.4) is 0 Å². The second kappa shape index (κ2) is 10.3. The molecule has 0 fully saturated rings. The average Bonchev–Trinajstić information content (AvgIpc) is 3.33. The summed E-state index contributed by atoms with van der Waals surface area (Å²) in [6.07, 6.45) is 11.3. The van der Waals surface area contributed by atoms with Crippen molar-refractivity contribution < 1.29 is 0 Å². The van der Waals surface area contributed by atoms with Crippen LogP contribution in [0.15, 0.2) is 108 Å². The summed E-state index contributed by atoms with van der Waals surface area (Å²) in [4.78, 5) is 0. The molecule has 0 heterocycles. The standard InChI is InChI=1S/C44H44/c1-6-28(7-2)33-23-34(29(8-3)9-4)26-44(25-33)38-21-20-31-16-13-17-35-39(30-14-11-10-12-15-30)37-24-32-19-18-27(5)22-36(32)43(44)41(37)42(38)40(31)35/h10-25,28-29,39H,6-9,26H2,1-5H3. The lowest BCUT2D eigenvalue weighted by molar-refractivity contribution is 0.491. The van der Waals surface area contributed by atoms with Crippen LogP contribution in [0.25, 0.3) is 32.7 Å². The molecule has 0 heteroatoms. The van der Waals surface area contributed by atoms with Crippen molar-refractivity contribution in [2.45, 2.75) is 78.1 Å². The summed E-state index contributed by atoms with van der Waals surface area (Å²) < 4.78 is 0. The molecule has 0 N–H and O–H groups in total. The van der Waals surface area contributed by atoms with Crippen molar-refractivity contribution in [1.29, 1.82) is 0 Å². The van der Waals surface area contributed by atoms with Gasteiger partial charge in [0.25, 0.3) is 0 Å². The fourth-order valence-corrected chi connectivity index (χ4v) is 9.45. The van der Waals surface area contributed by atoms with Gasteiger partial charge in [-0.1, -0.05) is 130 Å². The van der Waals surface area contributed by atoms with E-state index in [1.807, 2.05) is 0 Å². The molecule has 8 rings (SSSR count). The Morgan fingerprint density at radius 3 is 2.20 bits per heavy atom. The first-order chi connectivity index (χ1) is 21.5. The molecule has 220 valence electrons. The Morgan fingerprint density at radius 2 is 1.45 bits per heavy atom. The van der Waals surface area contributed by atoms with Crippen molar-refractivity contribution in [2.24, 2.45) is 11.8 Å². The minimum absolute atomic E-state index is 0.163. The average molecular weight is 573 g/mol. The Balaban J connectivity index is 1.56. The molecule has 0 amide bonds. The smallest absolute Gasteiger partial charge is 0.0443 e. The van der Waals surface area contributed by atoms with Crippen LogP contribution >= 0.6 is 0 Å². The maximum atomic E-state index is 2.77. The molecule has 3 aliphatic carbocycles. The van der Waals surface area contributed by atoms with Gasteiger partial charge in [0.05, 0.1) is 0 Å². The Bertz CT molecular complexity index is 1990. The molecular formula is C44H44. The summed E-state index contributed by atoms with van der Waals surface area (Å²) in [5.74, 6) is 1.42. The van der Waals surface area contributed by atoms with Crippen LogP contribution < -0.4 is 0 Å². The quantitative estimate of drug-likeness (QED) is 0.178. The van der Waals surface area contributed by atoms with Crippen molar-refractivity contribution in [3.8, 4) is 11.1 Å². The van der Waals surface area contributed by atoms with Crippen molar-refractivity contribution in [3.05, 3.63) is 142 Å². The lowest BCUT2D eigenvalue weighted by Gasteiger charge is -2.38. The van der Waals surface area contributed by atoms with E-state index >= 15 is 0 Å². The van der Waals surface area contributed by atoms with Gasteiger partial charge in [0.2, 0.25) is 0 Å². The third kappa shape index (κ3) is 3.76. The SMILES string of the molecule is CCC(CC)C1=CC2(CC(C(CC)CC)=C1)c1ccc3cccc4c3c1-c1c(cc3ccc(C)cc3c12)C4c1ccccc1. The van der Waals surface area contributed by atoms with Gasteiger partial charge in [0.15, 0.2) is 0 Å². The topological polar surface area (TPSA) is 0 Å². The van der Waals surface area contributed by atoms with E-state index in [-0.39, 0.29) is 11.3 Å². The number of allylic oxidation sites excluding steroid dienone is 4. The highest BCUT2D eigenvalue weighted by Gasteiger charge is 2.49. The van der Waals surface area contributed by atoms with Crippen LogP contribution in [0.2, 0.25) is 0 Å². The minimum atomic E-state index is -0.163. The maximum absolute atomic E-state index is 2.77. The zero-order chi connectivity index (χ0) is 30.2. The number of hydrogen-bond acceptors (Lipinski definition) is 0. The summed E-state index contributed by atoms with van der Waals surface area (Å²) in [5, 5.41) is 5.68. The summed E-state index contributed by atoms with van der Waals surface area (Å²) >= 11 is 0. The molecule has 0 saturated heterocycles. The van der Waals surface area contributed by atoms with E-state index in [2.05, 4.69) is 132 Å². The fourth-order valence-electron chi connectivity index (χ4n) is 9.45. The second-order valence-electron chi connectivity index (χ2n) is 13.8. The number of fused-ring (bicyclic) bond motifs is 4. The summed E-state index contributed by atoms with van der Waals surface area (Å²) in [7, 11) is 0. The van der Waals surface area contributed by atoms with Crippen molar-refractivity contribution >= 4 is 21.5 Å². The number of benzene rings is 5. The fraction of sp³-hybridized carbons (Fsp3) is 0.318. The zero-order valence-corrected chi connectivity index (χ0v) is 27.0. The first-order valence-corrected chi connectivity index (χ1v) is 17.1. The van der Waals surface area contributed by atoms with E-state index in [0.717, 1.165) is 6.42 Å². The van der Waals surface area contributed by atoms with Crippen molar-refractivity contribution in [2.75, 3.05) is 0 Å². The molecule has 0 radical (unpaired) electrons.